The summed E-state index contributed by atoms with van der Waals surface area (Å²) >= 11 is 0. The molecule has 9 heteroatoms. The fraction of sp³-hybridized carbons (Fsp3) is 0.600. The summed E-state index contributed by atoms with van der Waals surface area (Å²) in [7, 11) is 3.52. The second kappa shape index (κ2) is 7.91. The fourth-order valence-electron chi connectivity index (χ4n) is 2.04. The Morgan fingerprint density at radius 3 is 1.96 bits per heavy atom. The van der Waals surface area contributed by atoms with Crippen LogP contribution in [0.2, 0.25) is 0 Å². The van der Waals surface area contributed by atoms with Gasteiger partial charge in [-0.25, -0.2) is 9.97 Å². The van der Waals surface area contributed by atoms with Gasteiger partial charge in [0.2, 0.25) is 11.9 Å². The van der Waals surface area contributed by atoms with Crippen LogP contribution in [0, 0.1) is 0 Å². The highest BCUT2D eigenvalue weighted by molar-refractivity contribution is 5.94. The number of nitrogens with one attached hydrogen (secondary N) is 4. The van der Waals surface area contributed by atoms with Crippen LogP contribution < -0.4 is 21.3 Å². The normalized spacial score (nSPS) is 13.4. The van der Waals surface area contributed by atoms with Crippen LogP contribution in [-0.4, -0.2) is 57.8 Å². The zero-order valence-corrected chi connectivity index (χ0v) is 14.8. The SMILES string of the molecule is CCCNc1nc(NC)nc2c(NC(C)C(C)O)nc(NC)nc12. The molecule has 2 aromatic heterocycles. The Bertz CT molecular complexity index is 691. The lowest BCUT2D eigenvalue weighted by Gasteiger charge is -2.19. The van der Waals surface area contributed by atoms with Crippen LogP contribution in [0.25, 0.3) is 11.0 Å². The maximum Gasteiger partial charge on any atom is 0.225 e. The monoisotopic (exact) mass is 334 g/mol. The van der Waals surface area contributed by atoms with Gasteiger partial charge in [-0.15, -0.1) is 0 Å². The summed E-state index contributed by atoms with van der Waals surface area (Å²) in [6.45, 7) is 6.47. The van der Waals surface area contributed by atoms with E-state index in [-0.39, 0.29) is 6.04 Å². The molecule has 0 saturated carbocycles. The van der Waals surface area contributed by atoms with Crippen molar-refractivity contribution in [2.75, 3.05) is 41.9 Å². The fourth-order valence-corrected chi connectivity index (χ4v) is 2.04. The predicted molar refractivity (Wildman–Crippen MR) is 97.8 cm³/mol. The average Bonchev–Trinajstić information content (AvgIpc) is 2.59. The van der Waals surface area contributed by atoms with E-state index in [0.29, 0.717) is 34.6 Å². The molecule has 0 radical (unpaired) electrons. The molecule has 0 amide bonds. The average molecular weight is 334 g/mol. The number of hydrogen-bond acceptors (Lipinski definition) is 9. The lowest BCUT2D eigenvalue weighted by atomic mass is 10.2. The number of aliphatic hydroxyl groups excluding tert-OH is 1. The van der Waals surface area contributed by atoms with Gasteiger partial charge in [0.05, 0.1) is 12.1 Å². The molecule has 2 aromatic rings. The van der Waals surface area contributed by atoms with Crippen molar-refractivity contribution in [3.63, 3.8) is 0 Å². The van der Waals surface area contributed by atoms with E-state index in [4.69, 9.17) is 0 Å². The van der Waals surface area contributed by atoms with E-state index < -0.39 is 6.10 Å². The number of rotatable bonds is 8. The largest absolute Gasteiger partial charge is 0.391 e. The molecule has 9 nitrogen and oxygen atoms in total. The molecule has 0 spiro atoms. The van der Waals surface area contributed by atoms with Gasteiger partial charge in [0.15, 0.2) is 11.6 Å². The first-order valence-electron chi connectivity index (χ1n) is 8.13. The van der Waals surface area contributed by atoms with Crippen molar-refractivity contribution in [3.05, 3.63) is 0 Å². The van der Waals surface area contributed by atoms with Crippen molar-refractivity contribution in [2.45, 2.75) is 39.3 Å². The number of aliphatic hydroxyl groups is 1. The molecule has 2 unspecified atom stereocenters. The third-order valence-corrected chi connectivity index (χ3v) is 3.62. The Balaban J connectivity index is 2.62. The molecule has 0 aliphatic rings. The standard InChI is InChI=1S/C15H26N8O/c1-6-7-18-12-10-11(21-14(16-4)22-12)13(19-8(2)9(3)24)23-15(17-5)20-10/h8-9,24H,6-7H2,1-5H3,(H2,16,18,21,22)(H2,17,19,20,23). The maximum atomic E-state index is 9.77. The molecule has 2 rings (SSSR count). The summed E-state index contributed by atoms with van der Waals surface area (Å²) in [5.41, 5.74) is 1.22. The van der Waals surface area contributed by atoms with E-state index in [0.717, 1.165) is 13.0 Å². The Labute approximate surface area is 141 Å². The van der Waals surface area contributed by atoms with Crippen LogP contribution in [0.4, 0.5) is 23.5 Å². The summed E-state index contributed by atoms with van der Waals surface area (Å²) in [4.78, 5) is 17.9. The van der Waals surface area contributed by atoms with E-state index in [9.17, 15) is 5.11 Å². The molecular formula is C15H26N8O. The van der Waals surface area contributed by atoms with Crippen molar-refractivity contribution in [1.29, 1.82) is 0 Å². The van der Waals surface area contributed by atoms with Gasteiger partial charge in [-0.05, 0) is 20.3 Å². The molecule has 132 valence electrons. The van der Waals surface area contributed by atoms with Gasteiger partial charge in [-0.2, -0.15) is 9.97 Å². The zero-order valence-electron chi connectivity index (χ0n) is 14.8. The van der Waals surface area contributed by atoms with Gasteiger partial charge >= 0.3 is 0 Å². The van der Waals surface area contributed by atoms with Crippen molar-refractivity contribution in [2.24, 2.45) is 0 Å². The summed E-state index contributed by atoms with van der Waals surface area (Å²) in [6, 6.07) is -0.187. The van der Waals surface area contributed by atoms with Crippen LogP contribution in [0.5, 0.6) is 0 Å². The van der Waals surface area contributed by atoms with Crippen molar-refractivity contribution in [1.82, 2.24) is 19.9 Å². The third kappa shape index (κ3) is 3.91. The topological polar surface area (TPSA) is 120 Å². The molecule has 0 saturated heterocycles. The summed E-state index contributed by atoms with van der Waals surface area (Å²) in [5, 5.41) is 22.2. The van der Waals surface area contributed by atoms with Crippen LogP contribution in [0.15, 0.2) is 0 Å². The molecule has 0 bridgehead atoms. The highest BCUT2D eigenvalue weighted by atomic mass is 16.3. The molecule has 0 aromatic carbocycles. The van der Waals surface area contributed by atoms with E-state index >= 15 is 0 Å². The summed E-state index contributed by atoms with van der Waals surface area (Å²) < 4.78 is 0. The first kappa shape index (κ1) is 17.9. The van der Waals surface area contributed by atoms with Gasteiger partial charge in [0.1, 0.15) is 11.0 Å². The van der Waals surface area contributed by atoms with E-state index in [1.54, 1.807) is 21.0 Å². The van der Waals surface area contributed by atoms with Crippen molar-refractivity contribution >= 4 is 34.6 Å². The molecule has 2 atom stereocenters. The first-order valence-corrected chi connectivity index (χ1v) is 8.13. The van der Waals surface area contributed by atoms with E-state index in [1.807, 2.05) is 6.92 Å². The summed E-state index contributed by atoms with van der Waals surface area (Å²) in [6.07, 6.45) is 0.436. The molecule has 0 fully saturated rings. The van der Waals surface area contributed by atoms with E-state index in [2.05, 4.69) is 48.1 Å². The van der Waals surface area contributed by atoms with Crippen LogP contribution >= 0.6 is 0 Å². The van der Waals surface area contributed by atoms with Crippen molar-refractivity contribution < 1.29 is 5.11 Å². The van der Waals surface area contributed by atoms with Gasteiger partial charge < -0.3 is 26.4 Å². The minimum Gasteiger partial charge on any atom is -0.391 e. The van der Waals surface area contributed by atoms with Crippen LogP contribution in [-0.2, 0) is 0 Å². The Kier molecular flexibility index (Phi) is 5.91. The Morgan fingerprint density at radius 2 is 1.46 bits per heavy atom. The smallest absolute Gasteiger partial charge is 0.225 e. The van der Waals surface area contributed by atoms with Gasteiger partial charge in [-0.3, -0.25) is 0 Å². The lowest BCUT2D eigenvalue weighted by Crippen LogP contribution is -2.28. The number of fused-ring (bicyclic) bond motifs is 1. The lowest BCUT2D eigenvalue weighted by molar-refractivity contribution is 0.178. The van der Waals surface area contributed by atoms with E-state index in [1.165, 1.54) is 0 Å². The molecular weight excluding hydrogens is 308 g/mol. The molecule has 5 N–H and O–H groups in total. The van der Waals surface area contributed by atoms with Crippen LogP contribution in [0.3, 0.4) is 0 Å². The predicted octanol–water partition coefficient (Wildman–Crippen LogP) is 1.51. The van der Waals surface area contributed by atoms with Gasteiger partial charge in [0.25, 0.3) is 0 Å². The van der Waals surface area contributed by atoms with Gasteiger partial charge in [0, 0.05) is 20.6 Å². The second-order valence-electron chi connectivity index (χ2n) is 5.59. The summed E-state index contributed by atoms with van der Waals surface area (Å²) in [5.74, 6) is 2.15. The molecule has 24 heavy (non-hydrogen) atoms. The Hall–Kier alpha value is -2.42. The highest BCUT2D eigenvalue weighted by Crippen LogP contribution is 2.27. The number of anilines is 4. The zero-order chi connectivity index (χ0) is 17.7. The van der Waals surface area contributed by atoms with Crippen LogP contribution in [0.1, 0.15) is 27.2 Å². The molecule has 2 heterocycles. The minimum absolute atomic E-state index is 0.187. The maximum absolute atomic E-state index is 9.77. The Morgan fingerprint density at radius 1 is 0.917 bits per heavy atom. The number of nitrogens with zero attached hydrogens (tertiary/aromatic N) is 4. The second-order valence-corrected chi connectivity index (χ2v) is 5.59. The van der Waals surface area contributed by atoms with Gasteiger partial charge in [-0.1, -0.05) is 6.92 Å². The highest BCUT2D eigenvalue weighted by Gasteiger charge is 2.18. The number of hydrogen-bond donors (Lipinski definition) is 5. The van der Waals surface area contributed by atoms with Crippen molar-refractivity contribution in [3.8, 4) is 0 Å². The number of aromatic nitrogens is 4. The minimum atomic E-state index is -0.531. The quantitative estimate of drug-likeness (QED) is 0.489. The first-order chi connectivity index (χ1) is 11.5. The molecule has 0 aliphatic carbocycles. The molecule has 0 aliphatic heterocycles. The third-order valence-electron chi connectivity index (χ3n) is 3.62.